The molecule has 0 radical (unpaired) electrons. The number of thiocarbonyl (C=S) groups is 1. The lowest BCUT2D eigenvalue weighted by atomic mass is 9.94. The van der Waals surface area contributed by atoms with Gasteiger partial charge < -0.3 is 19.3 Å². The van der Waals surface area contributed by atoms with E-state index < -0.39 is 28.7 Å². The van der Waals surface area contributed by atoms with E-state index in [-0.39, 0.29) is 16.9 Å². The highest BCUT2D eigenvalue weighted by atomic mass is 32.1. The Bertz CT molecular complexity index is 1410. The van der Waals surface area contributed by atoms with E-state index in [1.54, 1.807) is 35.8 Å². The first-order chi connectivity index (χ1) is 19.8. The SMILES string of the molecule is CCc1cc(N2C(=S)N(c3ccc(C#N)c(C(F)(F)F)c3)C(=O)C2(C)C)ccc1OCCC1CCN(C(=O)OC)CC1. The van der Waals surface area contributed by atoms with Crippen molar-refractivity contribution in [3.63, 3.8) is 0 Å². The van der Waals surface area contributed by atoms with Gasteiger partial charge in [0, 0.05) is 18.8 Å². The van der Waals surface area contributed by atoms with E-state index in [1.165, 1.54) is 13.2 Å². The molecular formula is C30H33F3N4O4S. The number of ether oxygens (including phenoxy) is 2. The van der Waals surface area contributed by atoms with Gasteiger partial charge in [0.15, 0.2) is 5.11 Å². The van der Waals surface area contributed by atoms with Crippen LogP contribution in [0.1, 0.15) is 56.7 Å². The Labute approximate surface area is 248 Å². The number of benzene rings is 2. The fourth-order valence-corrected chi connectivity index (χ4v) is 5.97. The number of rotatable bonds is 7. The molecular weight excluding hydrogens is 569 g/mol. The Morgan fingerprint density at radius 2 is 1.81 bits per heavy atom. The van der Waals surface area contributed by atoms with Gasteiger partial charge in [-0.25, -0.2) is 4.79 Å². The summed E-state index contributed by atoms with van der Waals surface area (Å²) in [6, 6.07) is 10.2. The first-order valence-electron chi connectivity index (χ1n) is 13.7. The van der Waals surface area contributed by atoms with Crippen LogP contribution in [0.2, 0.25) is 0 Å². The number of amides is 2. The van der Waals surface area contributed by atoms with Crippen LogP contribution in [0.5, 0.6) is 5.75 Å². The van der Waals surface area contributed by atoms with Gasteiger partial charge in [-0.15, -0.1) is 0 Å². The number of piperidine rings is 1. The molecule has 2 aromatic carbocycles. The molecule has 0 aromatic heterocycles. The molecule has 12 heteroatoms. The van der Waals surface area contributed by atoms with E-state index >= 15 is 0 Å². The number of hydrogen-bond donors (Lipinski definition) is 0. The number of alkyl halides is 3. The monoisotopic (exact) mass is 602 g/mol. The normalized spacial score (nSPS) is 17.4. The maximum absolute atomic E-state index is 13.6. The summed E-state index contributed by atoms with van der Waals surface area (Å²) in [5, 5.41) is 9.19. The largest absolute Gasteiger partial charge is 0.493 e. The Balaban J connectivity index is 1.51. The third-order valence-corrected chi connectivity index (χ3v) is 8.23. The highest BCUT2D eigenvalue weighted by Crippen LogP contribution is 2.40. The molecule has 0 saturated carbocycles. The molecule has 4 rings (SSSR count). The Hall–Kier alpha value is -3.85. The summed E-state index contributed by atoms with van der Waals surface area (Å²) in [7, 11) is 1.38. The van der Waals surface area contributed by atoms with Crippen molar-refractivity contribution in [2.75, 3.05) is 36.6 Å². The summed E-state index contributed by atoms with van der Waals surface area (Å²) < 4.78 is 51.8. The first kappa shape index (κ1) is 31.1. The molecule has 2 heterocycles. The van der Waals surface area contributed by atoms with Crippen LogP contribution < -0.4 is 14.5 Å². The number of anilines is 2. The molecule has 2 amide bonds. The molecule has 2 saturated heterocycles. The summed E-state index contributed by atoms with van der Waals surface area (Å²) in [6.07, 6.45) is -1.82. The molecule has 0 atom stereocenters. The Morgan fingerprint density at radius 1 is 1.14 bits per heavy atom. The van der Waals surface area contributed by atoms with Crippen molar-refractivity contribution in [3.05, 3.63) is 53.1 Å². The summed E-state index contributed by atoms with van der Waals surface area (Å²) >= 11 is 5.66. The van der Waals surface area contributed by atoms with E-state index in [4.69, 9.17) is 27.0 Å². The van der Waals surface area contributed by atoms with E-state index in [1.807, 2.05) is 19.1 Å². The lowest BCUT2D eigenvalue weighted by Gasteiger charge is -2.31. The summed E-state index contributed by atoms with van der Waals surface area (Å²) in [5.74, 6) is 0.665. The van der Waals surface area contributed by atoms with Crippen LogP contribution in [0.15, 0.2) is 36.4 Å². The average Bonchev–Trinajstić information content (AvgIpc) is 3.14. The van der Waals surface area contributed by atoms with Crippen LogP contribution in [-0.2, 0) is 22.1 Å². The number of nitrogens with zero attached hydrogens (tertiary/aromatic N) is 4. The Morgan fingerprint density at radius 3 is 2.40 bits per heavy atom. The van der Waals surface area contributed by atoms with Gasteiger partial charge in [0.1, 0.15) is 11.3 Å². The second kappa shape index (κ2) is 12.2. The summed E-state index contributed by atoms with van der Waals surface area (Å²) in [6.45, 7) is 7.14. The number of nitriles is 1. The number of aryl methyl sites for hydroxylation is 1. The molecule has 2 aromatic rings. The van der Waals surface area contributed by atoms with Gasteiger partial charge in [0.25, 0.3) is 5.91 Å². The Kier molecular flexibility index (Phi) is 9.01. The molecule has 42 heavy (non-hydrogen) atoms. The van der Waals surface area contributed by atoms with E-state index in [0.717, 1.165) is 41.9 Å². The molecule has 2 aliphatic rings. The minimum atomic E-state index is -4.77. The lowest BCUT2D eigenvalue weighted by Crippen LogP contribution is -2.44. The zero-order valence-electron chi connectivity index (χ0n) is 24.0. The van der Waals surface area contributed by atoms with Crippen molar-refractivity contribution in [2.45, 2.75) is 58.2 Å². The quantitative estimate of drug-likeness (QED) is 0.344. The van der Waals surface area contributed by atoms with E-state index in [2.05, 4.69) is 0 Å². The van der Waals surface area contributed by atoms with Crippen LogP contribution in [0.3, 0.4) is 0 Å². The number of likely N-dealkylation sites (tertiary alicyclic amines) is 1. The van der Waals surface area contributed by atoms with Gasteiger partial charge in [-0.3, -0.25) is 9.69 Å². The number of hydrogen-bond acceptors (Lipinski definition) is 6. The van der Waals surface area contributed by atoms with Gasteiger partial charge in [0.2, 0.25) is 0 Å². The molecule has 0 spiro atoms. The zero-order valence-corrected chi connectivity index (χ0v) is 24.8. The van der Waals surface area contributed by atoms with Crippen LogP contribution in [-0.4, -0.2) is 54.4 Å². The fourth-order valence-electron chi connectivity index (χ4n) is 5.45. The van der Waals surface area contributed by atoms with Crippen LogP contribution in [0, 0.1) is 17.2 Å². The van der Waals surface area contributed by atoms with Gasteiger partial charge in [-0.1, -0.05) is 6.92 Å². The highest BCUT2D eigenvalue weighted by molar-refractivity contribution is 7.81. The molecule has 0 aliphatic carbocycles. The van der Waals surface area contributed by atoms with Crippen LogP contribution in [0.25, 0.3) is 0 Å². The van der Waals surface area contributed by atoms with E-state index in [0.29, 0.717) is 43.5 Å². The van der Waals surface area contributed by atoms with Gasteiger partial charge in [0.05, 0.1) is 36.6 Å². The van der Waals surface area contributed by atoms with Crippen molar-refractivity contribution in [1.29, 1.82) is 5.26 Å². The standard InChI is InChI=1S/C30H33F3N4O4S/c1-5-20-16-23(8-9-25(20)41-15-12-19-10-13-35(14-11-19)28(39)40-4)37-27(42)36(26(38)29(37,2)3)22-7-6-21(18-34)24(17-22)30(31,32)33/h6-9,16-17,19H,5,10-15H2,1-4H3. The maximum atomic E-state index is 13.6. The average molecular weight is 603 g/mol. The second-order valence-corrected chi connectivity index (χ2v) is 11.2. The zero-order chi connectivity index (χ0) is 30.8. The predicted octanol–water partition coefficient (Wildman–Crippen LogP) is 6.30. The summed E-state index contributed by atoms with van der Waals surface area (Å²) in [4.78, 5) is 29.7. The third kappa shape index (κ3) is 6.02. The first-order valence-corrected chi connectivity index (χ1v) is 14.1. The molecule has 0 unspecified atom stereocenters. The second-order valence-electron chi connectivity index (χ2n) is 10.8. The number of carbonyl (C=O) groups excluding carboxylic acids is 2. The molecule has 0 bridgehead atoms. The molecule has 2 fully saturated rings. The van der Waals surface area contributed by atoms with Gasteiger partial charge in [-0.2, -0.15) is 18.4 Å². The van der Waals surface area contributed by atoms with Crippen molar-refractivity contribution in [2.24, 2.45) is 5.92 Å². The molecule has 224 valence electrons. The number of carbonyl (C=O) groups is 2. The van der Waals surface area contributed by atoms with E-state index in [9.17, 15) is 22.8 Å². The van der Waals surface area contributed by atoms with Crippen molar-refractivity contribution < 1.29 is 32.2 Å². The van der Waals surface area contributed by atoms with Crippen molar-refractivity contribution in [3.8, 4) is 11.8 Å². The number of halogens is 3. The number of methoxy groups -OCH3 is 1. The lowest BCUT2D eigenvalue weighted by molar-refractivity contribution is -0.137. The maximum Gasteiger partial charge on any atom is 0.417 e. The van der Waals surface area contributed by atoms with Crippen molar-refractivity contribution in [1.82, 2.24) is 4.90 Å². The van der Waals surface area contributed by atoms with Crippen LogP contribution >= 0.6 is 12.2 Å². The van der Waals surface area contributed by atoms with Gasteiger partial charge in [-0.05, 0) is 99.6 Å². The van der Waals surface area contributed by atoms with Gasteiger partial charge >= 0.3 is 12.3 Å². The minimum absolute atomic E-state index is 0.0388. The smallest absolute Gasteiger partial charge is 0.417 e. The molecule has 8 nitrogen and oxygen atoms in total. The minimum Gasteiger partial charge on any atom is -0.493 e. The fraction of sp³-hybridized carbons (Fsp3) is 0.467. The molecule has 0 N–H and O–H groups in total. The predicted molar refractivity (Wildman–Crippen MR) is 155 cm³/mol. The van der Waals surface area contributed by atoms with Crippen LogP contribution in [0.4, 0.5) is 29.3 Å². The van der Waals surface area contributed by atoms with Crippen molar-refractivity contribution >= 4 is 40.7 Å². The summed E-state index contributed by atoms with van der Waals surface area (Å²) in [5.41, 5.74) is -1.39. The third-order valence-electron chi connectivity index (χ3n) is 7.87. The topological polar surface area (TPSA) is 86.1 Å². The highest BCUT2D eigenvalue weighted by Gasteiger charge is 2.50. The molecule has 2 aliphatic heterocycles.